The molecule has 0 saturated heterocycles. The van der Waals surface area contributed by atoms with E-state index in [9.17, 15) is 0 Å². The first kappa shape index (κ1) is 16.4. The first-order valence-corrected chi connectivity index (χ1v) is 6.64. The second kappa shape index (κ2) is 10.5. The number of nitriles is 1. The van der Waals surface area contributed by atoms with Crippen LogP contribution in [-0.4, -0.2) is 14.9 Å². The van der Waals surface area contributed by atoms with Gasteiger partial charge >= 0.3 is 0 Å². The fourth-order valence-corrected chi connectivity index (χ4v) is 2.37. The zero-order valence-corrected chi connectivity index (χ0v) is 11.9. The molecular formula is C12H15ClN2S2. The van der Waals surface area contributed by atoms with E-state index in [4.69, 9.17) is 17.5 Å². The van der Waals surface area contributed by atoms with Gasteiger partial charge in [0, 0.05) is 28.8 Å². The van der Waals surface area contributed by atoms with Crippen molar-refractivity contribution in [2.75, 3.05) is 5.75 Å². The van der Waals surface area contributed by atoms with E-state index in [2.05, 4.69) is 17.1 Å². The van der Waals surface area contributed by atoms with Crippen LogP contribution in [-0.2, 0) is 6.42 Å². The van der Waals surface area contributed by atoms with E-state index in [-0.39, 0.29) is 12.4 Å². The maximum absolute atomic E-state index is 8.39. The highest BCUT2D eigenvalue weighted by Crippen LogP contribution is 2.13. The molecular weight excluding hydrogens is 272 g/mol. The van der Waals surface area contributed by atoms with Gasteiger partial charge in [-0.2, -0.15) is 5.26 Å². The van der Waals surface area contributed by atoms with Gasteiger partial charge < -0.3 is 0 Å². The maximum atomic E-state index is 8.39. The zero-order valence-electron chi connectivity index (χ0n) is 9.46. The quantitative estimate of drug-likeness (QED) is 0.589. The fraction of sp³-hybridized carbons (Fsp3) is 0.417. The topological polar surface area (TPSA) is 36.7 Å². The Morgan fingerprint density at radius 2 is 2.35 bits per heavy atom. The third-order valence-electron chi connectivity index (χ3n) is 2.05. The SMILES string of the molecule is Cl.N#CCCSC(=S)CCCc1cccnc1. The Morgan fingerprint density at radius 3 is 3.00 bits per heavy atom. The van der Waals surface area contributed by atoms with Crippen molar-refractivity contribution in [2.45, 2.75) is 25.7 Å². The number of thiocarbonyl (C=S) groups is 1. The first-order valence-electron chi connectivity index (χ1n) is 5.24. The summed E-state index contributed by atoms with van der Waals surface area (Å²) in [5, 5.41) is 8.39. The van der Waals surface area contributed by atoms with Crippen LogP contribution in [0.25, 0.3) is 0 Å². The Kier molecular flexibility index (Phi) is 10.1. The number of aryl methyl sites for hydroxylation is 1. The van der Waals surface area contributed by atoms with Gasteiger partial charge in [0.05, 0.1) is 6.07 Å². The van der Waals surface area contributed by atoms with Gasteiger partial charge in [0.25, 0.3) is 0 Å². The van der Waals surface area contributed by atoms with Crippen molar-refractivity contribution < 1.29 is 0 Å². The summed E-state index contributed by atoms with van der Waals surface area (Å²) in [7, 11) is 0. The summed E-state index contributed by atoms with van der Waals surface area (Å²) >= 11 is 6.85. The molecule has 17 heavy (non-hydrogen) atoms. The monoisotopic (exact) mass is 286 g/mol. The second-order valence-electron chi connectivity index (χ2n) is 3.34. The summed E-state index contributed by atoms with van der Waals surface area (Å²) in [6.07, 6.45) is 7.28. The molecule has 0 fully saturated rings. The third-order valence-corrected chi connectivity index (χ3v) is 3.54. The van der Waals surface area contributed by atoms with E-state index in [1.54, 1.807) is 18.0 Å². The minimum Gasteiger partial charge on any atom is -0.264 e. The number of nitrogens with zero attached hydrogens (tertiary/aromatic N) is 2. The number of hydrogen-bond acceptors (Lipinski definition) is 4. The van der Waals surface area contributed by atoms with Crippen LogP contribution in [0.3, 0.4) is 0 Å². The van der Waals surface area contributed by atoms with Crippen molar-refractivity contribution in [1.82, 2.24) is 4.98 Å². The van der Waals surface area contributed by atoms with Crippen molar-refractivity contribution in [2.24, 2.45) is 0 Å². The molecule has 1 aromatic rings. The lowest BCUT2D eigenvalue weighted by Crippen LogP contribution is -1.93. The van der Waals surface area contributed by atoms with Gasteiger partial charge in [-0.05, 0) is 30.9 Å². The lowest BCUT2D eigenvalue weighted by atomic mass is 10.1. The molecule has 0 aromatic carbocycles. The van der Waals surface area contributed by atoms with Crippen LogP contribution in [0.2, 0.25) is 0 Å². The summed E-state index contributed by atoms with van der Waals surface area (Å²) in [4.78, 5) is 4.07. The zero-order chi connectivity index (χ0) is 11.6. The molecule has 0 bridgehead atoms. The number of rotatable bonds is 6. The molecule has 1 heterocycles. The third kappa shape index (κ3) is 8.14. The predicted octanol–water partition coefficient (Wildman–Crippen LogP) is 3.80. The Morgan fingerprint density at radius 1 is 1.53 bits per heavy atom. The predicted molar refractivity (Wildman–Crippen MR) is 79.7 cm³/mol. The molecule has 0 aliphatic heterocycles. The van der Waals surface area contributed by atoms with Gasteiger partial charge in [-0.15, -0.1) is 24.2 Å². The molecule has 0 radical (unpaired) electrons. The first-order chi connectivity index (χ1) is 7.83. The molecule has 92 valence electrons. The number of halogens is 1. The van der Waals surface area contributed by atoms with E-state index >= 15 is 0 Å². The normalized spacial score (nSPS) is 9.12. The van der Waals surface area contributed by atoms with Gasteiger partial charge in [0.2, 0.25) is 0 Å². The minimum atomic E-state index is 0. The minimum absolute atomic E-state index is 0. The Hall–Kier alpha value is -0.630. The number of thioether (sulfide) groups is 1. The molecule has 0 unspecified atom stereocenters. The van der Waals surface area contributed by atoms with E-state index in [0.717, 1.165) is 29.2 Å². The van der Waals surface area contributed by atoms with Crippen LogP contribution in [0.1, 0.15) is 24.8 Å². The van der Waals surface area contributed by atoms with Crippen LogP contribution in [0, 0.1) is 11.3 Å². The number of hydrogen-bond donors (Lipinski definition) is 0. The highest BCUT2D eigenvalue weighted by molar-refractivity contribution is 8.23. The summed E-state index contributed by atoms with van der Waals surface area (Å²) in [5.41, 5.74) is 1.26. The van der Waals surface area contributed by atoms with Gasteiger partial charge in [0.15, 0.2) is 0 Å². The molecule has 0 spiro atoms. The molecule has 2 nitrogen and oxygen atoms in total. The highest BCUT2D eigenvalue weighted by Gasteiger charge is 1.99. The molecule has 0 aliphatic rings. The van der Waals surface area contributed by atoms with E-state index in [1.165, 1.54) is 5.56 Å². The molecule has 0 N–H and O–H groups in total. The Labute approximate surface area is 118 Å². The smallest absolute Gasteiger partial charge is 0.0630 e. The summed E-state index contributed by atoms with van der Waals surface area (Å²) in [6.45, 7) is 0. The molecule has 1 rings (SSSR count). The van der Waals surface area contributed by atoms with Crippen LogP contribution in [0.5, 0.6) is 0 Å². The average Bonchev–Trinajstić information content (AvgIpc) is 2.31. The van der Waals surface area contributed by atoms with Crippen molar-refractivity contribution in [1.29, 1.82) is 5.26 Å². The largest absolute Gasteiger partial charge is 0.264 e. The van der Waals surface area contributed by atoms with Gasteiger partial charge in [-0.1, -0.05) is 18.3 Å². The Bertz CT molecular complexity index is 363. The van der Waals surface area contributed by atoms with Crippen molar-refractivity contribution in [3.63, 3.8) is 0 Å². The van der Waals surface area contributed by atoms with E-state index in [0.29, 0.717) is 6.42 Å². The molecule has 0 aliphatic carbocycles. The lowest BCUT2D eigenvalue weighted by molar-refractivity contribution is 0.871. The van der Waals surface area contributed by atoms with E-state index < -0.39 is 0 Å². The fourth-order valence-electron chi connectivity index (χ4n) is 1.27. The lowest BCUT2D eigenvalue weighted by Gasteiger charge is -2.02. The number of pyridine rings is 1. The maximum Gasteiger partial charge on any atom is 0.0630 e. The Balaban J connectivity index is 0.00000256. The van der Waals surface area contributed by atoms with Gasteiger partial charge in [-0.3, -0.25) is 4.98 Å². The molecule has 0 amide bonds. The van der Waals surface area contributed by atoms with Crippen LogP contribution in [0.15, 0.2) is 24.5 Å². The van der Waals surface area contributed by atoms with Crippen LogP contribution in [0.4, 0.5) is 0 Å². The van der Waals surface area contributed by atoms with Crippen LogP contribution < -0.4 is 0 Å². The summed E-state index contributed by atoms with van der Waals surface area (Å²) in [5.74, 6) is 0.822. The molecule has 0 atom stereocenters. The standard InChI is InChI=1S/C12H14N2S2.ClH/c13-7-3-9-16-12(15)6-1-4-11-5-2-8-14-10-11;/h2,5,8,10H,1,3-4,6,9H2;1H. The van der Waals surface area contributed by atoms with Crippen molar-refractivity contribution in [3.8, 4) is 6.07 Å². The van der Waals surface area contributed by atoms with Crippen molar-refractivity contribution >= 4 is 40.6 Å². The van der Waals surface area contributed by atoms with Crippen molar-refractivity contribution in [3.05, 3.63) is 30.1 Å². The summed E-state index contributed by atoms with van der Waals surface area (Å²) in [6, 6.07) is 6.15. The highest BCUT2D eigenvalue weighted by atomic mass is 35.5. The number of aromatic nitrogens is 1. The van der Waals surface area contributed by atoms with Gasteiger partial charge in [0.1, 0.15) is 0 Å². The molecule has 0 saturated carbocycles. The molecule has 5 heteroatoms. The summed E-state index contributed by atoms with van der Waals surface area (Å²) < 4.78 is 1.01. The van der Waals surface area contributed by atoms with Crippen LogP contribution >= 0.6 is 36.4 Å². The average molecular weight is 287 g/mol. The molecule has 1 aromatic heterocycles. The van der Waals surface area contributed by atoms with E-state index in [1.807, 2.05) is 12.3 Å². The van der Waals surface area contributed by atoms with Gasteiger partial charge in [-0.25, -0.2) is 0 Å². The second-order valence-corrected chi connectivity index (χ2v) is 5.28.